The second-order valence-electron chi connectivity index (χ2n) is 3.94. The third-order valence-electron chi connectivity index (χ3n) is 3.03. The van der Waals surface area contributed by atoms with Crippen molar-refractivity contribution in [2.45, 2.75) is 0 Å². The van der Waals surface area contributed by atoms with Crippen LogP contribution in [0.4, 0.5) is 0 Å². The fraction of sp³-hybridized carbons (Fsp3) is 0.154. The number of ether oxygens (including phenoxy) is 1. The summed E-state index contributed by atoms with van der Waals surface area (Å²) >= 11 is 6.05. The van der Waals surface area contributed by atoms with Crippen LogP contribution in [0, 0.1) is 0 Å². The summed E-state index contributed by atoms with van der Waals surface area (Å²) < 4.78 is 7.38. The first-order valence-corrected chi connectivity index (χ1v) is 5.67. The van der Waals surface area contributed by atoms with Gasteiger partial charge in [-0.25, -0.2) is 4.98 Å². The Morgan fingerprint density at radius 3 is 2.82 bits per heavy atom. The van der Waals surface area contributed by atoms with Gasteiger partial charge in [-0.1, -0.05) is 11.6 Å². The number of hydrogen-bond acceptors (Lipinski definition) is 2. The first-order chi connectivity index (χ1) is 8.22. The van der Waals surface area contributed by atoms with E-state index in [2.05, 4.69) is 9.55 Å². The molecule has 0 spiro atoms. The van der Waals surface area contributed by atoms with Gasteiger partial charge >= 0.3 is 0 Å². The molecule has 2 heterocycles. The molecule has 0 unspecified atom stereocenters. The predicted molar refractivity (Wildman–Crippen MR) is 69.8 cm³/mol. The number of methoxy groups -OCH3 is 1. The fourth-order valence-corrected chi connectivity index (χ4v) is 2.43. The Kier molecular flexibility index (Phi) is 2.23. The highest BCUT2D eigenvalue weighted by atomic mass is 35.5. The second kappa shape index (κ2) is 3.64. The van der Waals surface area contributed by atoms with Crippen molar-refractivity contribution < 1.29 is 4.74 Å². The molecular formula is C13H11ClN2O. The Balaban J connectivity index is 2.58. The van der Waals surface area contributed by atoms with Crippen LogP contribution in [0.25, 0.3) is 21.8 Å². The van der Waals surface area contributed by atoms with Gasteiger partial charge in [0.1, 0.15) is 5.52 Å². The molecule has 0 bridgehead atoms. The zero-order chi connectivity index (χ0) is 12.0. The summed E-state index contributed by atoms with van der Waals surface area (Å²) in [6.07, 6.45) is 1.75. The number of nitrogens with zero attached hydrogens (tertiary/aromatic N) is 2. The van der Waals surface area contributed by atoms with Gasteiger partial charge in [0.15, 0.2) is 0 Å². The van der Waals surface area contributed by atoms with Crippen LogP contribution in [-0.2, 0) is 7.05 Å². The number of aromatic nitrogens is 2. The van der Waals surface area contributed by atoms with E-state index in [0.717, 1.165) is 26.8 Å². The minimum Gasteiger partial charge on any atom is -0.479 e. The number of pyridine rings is 1. The average molecular weight is 247 g/mol. The van der Waals surface area contributed by atoms with Crippen molar-refractivity contribution in [2.75, 3.05) is 7.11 Å². The maximum absolute atomic E-state index is 6.05. The molecule has 0 aliphatic rings. The van der Waals surface area contributed by atoms with Crippen LogP contribution in [0.1, 0.15) is 0 Å². The Hall–Kier alpha value is -1.74. The number of fused-ring (bicyclic) bond motifs is 3. The van der Waals surface area contributed by atoms with Crippen molar-refractivity contribution in [1.29, 1.82) is 0 Å². The fourth-order valence-electron chi connectivity index (χ4n) is 2.26. The molecule has 3 nitrogen and oxygen atoms in total. The lowest BCUT2D eigenvalue weighted by molar-refractivity contribution is 0.401. The van der Waals surface area contributed by atoms with E-state index in [1.807, 2.05) is 31.3 Å². The predicted octanol–water partition coefficient (Wildman–Crippen LogP) is 3.39. The summed E-state index contributed by atoms with van der Waals surface area (Å²) in [5.41, 5.74) is 2.11. The van der Waals surface area contributed by atoms with Crippen molar-refractivity contribution in [3.63, 3.8) is 0 Å². The number of benzene rings is 1. The number of rotatable bonds is 1. The average Bonchev–Trinajstić information content (AvgIpc) is 2.63. The van der Waals surface area contributed by atoms with E-state index in [0.29, 0.717) is 5.88 Å². The number of halogens is 1. The van der Waals surface area contributed by atoms with Crippen molar-refractivity contribution in [2.24, 2.45) is 7.05 Å². The topological polar surface area (TPSA) is 27.1 Å². The van der Waals surface area contributed by atoms with Gasteiger partial charge in [0.25, 0.3) is 0 Å². The summed E-state index contributed by atoms with van der Waals surface area (Å²) in [5.74, 6) is 0.636. The van der Waals surface area contributed by atoms with E-state index < -0.39 is 0 Å². The van der Waals surface area contributed by atoms with Crippen LogP contribution in [-0.4, -0.2) is 16.7 Å². The van der Waals surface area contributed by atoms with Crippen molar-refractivity contribution in [1.82, 2.24) is 9.55 Å². The van der Waals surface area contributed by atoms with Gasteiger partial charge in [0, 0.05) is 34.6 Å². The van der Waals surface area contributed by atoms with Gasteiger partial charge in [0.2, 0.25) is 5.88 Å². The first kappa shape index (κ1) is 10.4. The van der Waals surface area contributed by atoms with Crippen LogP contribution in [0.15, 0.2) is 30.5 Å². The SMILES string of the molecule is COc1nccc2c3cc(Cl)ccc3n(C)c12. The zero-order valence-electron chi connectivity index (χ0n) is 9.57. The van der Waals surface area contributed by atoms with Gasteiger partial charge in [-0.3, -0.25) is 0 Å². The van der Waals surface area contributed by atoms with E-state index in [-0.39, 0.29) is 0 Å². The van der Waals surface area contributed by atoms with Gasteiger partial charge < -0.3 is 9.30 Å². The zero-order valence-corrected chi connectivity index (χ0v) is 10.3. The largest absolute Gasteiger partial charge is 0.479 e. The summed E-state index contributed by atoms with van der Waals surface area (Å²) in [6, 6.07) is 7.86. The molecular weight excluding hydrogens is 236 g/mol. The van der Waals surface area contributed by atoms with Crippen molar-refractivity contribution in [3.8, 4) is 5.88 Å². The van der Waals surface area contributed by atoms with Crippen LogP contribution in [0.2, 0.25) is 5.02 Å². The molecule has 0 N–H and O–H groups in total. The van der Waals surface area contributed by atoms with E-state index in [4.69, 9.17) is 16.3 Å². The quantitative estimate of drug-likeness (QED) is 0.658. The third kappa shape index (κ3) is 1.39. The molecule has 4 heteroatoms. The highest BCUT2D eigenvalue weighted by molar-refractivity contribution is 6.31. The van der Waals surface area contributed by atoms with Crippen molar-refractivity contribution in [3.05, 3.63) is 35.5 Å². The van der Waals surface area contributed by atoms with E-state index in [1.54, 1.807) is 13.3 Å². The summed E-state index contributed by atoms with van der Waals surface area (Å²) in [4.78, 5) is 4.23. The lowest BCUT2D eigenvalue weighted by Crippen LogP contribution is -1.93. The first-order valence-electron chi connectivity index (χ1n) is 5.29. The maximum Gasteiger partial charge on any atom is 0.238 e. The molecule has 0 atom stereocenters. The number of hydrogen-bond donors (Lipinski definition) is 0. The molecule has 0 amide bonds. The second-order valence-corrected chi connectivity index (χ2v) is 4.37. The molecule has 3 aromatic rings. The summed E-state index contributed by atoms with van der Waals surface area (Å²) in [7, 11) is 3.63. The monoisotopic (exact) mass is 246 g/mol. The molecule has 0 saturated carbocycles. The van der Waals surface area contributed by atoms with Crippen molar-refractivity contribution >= 4 is 33.4 Å². The minimum absolute atomic E-state index is 0.636. The highest BCUT2D eigenvalue weighted by Crippen LogP contribution is 2.33. The van der Waals surface area contributed by atoms with E-state index in [9.17, 15) is 0 Å². The molecule has 17 heavy (non-hydrogen) atoms. The summed E-state index contributed by atoms with van der Waals surface area (Å²) in [6.45, 7) is 0. The molecule has 86 valence electrons. The van der Waals surface area contributed by atoms with Crippen LogP contribution in [0.3, 0.4) is 0 Å². The van der Waals surface area contributed by atoms with Crippen LogP contribution < -0.4 is 4.74 Å². The van der Waals surface area contributed by atoms with E-state index in [1.165, 1.54) is 0 Å². The molecule has 3 rings (SSSR count). The maximum atomic E-state index is 6.05. The standard InChI is InChI=1S/C13H11ClN2O/c1-16-11-4-3-8(14)7-10(11)9-5-6-15-13(17-2)12(9)16/h3-7H,1-2H3. The van der Waals surface area contributed by atoms with Gasteiger partial charge in [-0.05, 0) is 24.3 Å². The lowest BCUT2D eigenvalue weighted by Gasteiger charge is -2.02. The van der Waals surface area contributed by atoms with Crippen LogP contribution >= 0.6 is 11.6 Å². The molecule has 2 aromatic heterocycles. The van der Waals surface area contributed by atoms with Gasteiger partial charge in [-0.15, -0.1) is 0 Å². The van der Waals surface area contributed by atoms with Crippen LogP contribution in [0.5, 0.6) is 5.88 Å². The Labute approximate surface area is 104 Å². The Morgan fingerprint density at radius 1 is 1.24 bits per heavy atom. The Morgan fingerprint density at radius 2 is 2.06 bits per heavy atom. The molecule has 0 fully saturated rings. The minimum atomic E-state index is 0.636. The molecule has 0 aliphatic carbocycles. The Bertz CT molecular complexity index is 718. The number of aryl methyl sites for hydroxylation is 1. The highest BCUT2D eigenvalue weighted by Gasteiger charge is 2.12. The smallest absolute Gasteiger partial charge is 0.238 e. The van der Waals surface area contributed by atoms with Gasteiger partial charge in [-0.2, -0.15) is 0 Å². The normalized spacial score (nSPS) is 11.2. The molecule has 0 saturated heterocycles. The van der Waals surface area contributed by atoms with Gasteiger partial charge in [0.05, 0.1) is 7.11 Å². The molecule has 0 aliphatic heterocycles. The molecule has 0 radical (unpaired) electrons. The van der Waals surface area contributed by atoms with E-state index >= 15 is 0 Å². The molecule has 1 aromatic carbocycles. The lowest BCUT2D eigenvalue weighted by atomic mass is 10.2. The summed E-state index contributed by atoms with van der Waals surface area (Å²) in [5, 5.41) is 2.97. The third-order valence-corrected chi connectivity index (χ3v) is 3.26.